The number of rotatable bonds is 4. The molecule has 0 atom stereocenters. The van der Waals surface area contributed by atoms with Gasteiger partial charge in [-0.25, -0.2) is 4.39 Å². The first-order valence-corrected chi connectivity index (χ1v) is 6.58. The highest BCUT2D eigenvalue weighted by Crippen LogP contribution is 2.42. The average Bonchev–Trinajstić information content (AvgIpc) is 3.22. The molecule has 1 amide bonds. The molecule has 1 aromatic heterocycles. The van der Waals surface area contributed by atoms with Crippen molar-refractivity contribution in [2.75, 3.05) is 18.2 Å². The molecule has 110 valence electrons. The number of aromatic amines is 1. The maximum atomic E-state index is 13.6. The van der Waals surface area contributed by atoms with Crippen LogP contribution in [0.3, 0.4) is 0 Å². The van der Waals surface area contributed by atoms with Gasteiger partial charge in [0, 0.05) is 17.7 Å². The number of hydrogen-bond acceptors (Lipinski definition) is 4. The molecule has 1 heterocycles. The number of nitrogens with zero attached hydrogens (tertiary/aromatic N) is 1. The molecule has 0 radical (unpaired) electrons. The number of anilines is 2. The van der Waals surface area contributed by atoms with E-state index in [0.717, 1.165) is 18.5 Å². The summed E-state index contributed by atoms with van der Waals surface area (Å²) in [5.41, 5.74) is 7.54. The van der Waals surface area contributed by atoms with Crippen LogP contribution in [0.15, 0.2) is 18.2 Å². The summed E-state index contributed by atoms with van der Waals surface area (Å²) in [6, 6.07) is 4.17. The third-order valence-corrected chi connectivity index (χ3v) is 3.44. The summed E-state index contributed by atoms with van der Waals surface area (Å²) < 4.78 is 18.4. The minimum Gasteiger partial charge on any atom is -0.494 e. The first-order valence-electron chi connectivity index (χ1n) is 6.58. The minimum atomic E-state index is -0.552. The number of ether oxygens (including phenoxy) is 1. The molecule has 1 aliphatic rings. The highest BCUT2D eigenvalue weighted by molar-refractivity contribution is 6.06. The zero-order valence-corrected chi connectivity index (χ0v) is 11.4. The number of hydrogen-bond donors (Lipinski definition) is 3. The normalized spacial score (nSPS) is 14.0. The Morgan fingerprint density at radius 2 is 2.29 bits per heavy atom. The van der Waals surface area contributed by atoms with Gasteiger partial charge in [0.05, 0.1) is 18.5 Å². The van der Waals surface area contributed by atoms with E-state index in [1.54, 1.807) is 6.07 Å². The van der Waals surface area contributed by atoms with Crippen LogP contribution in [0.25, 0.3) is 0 Å². The Morgan fingerprint density at radius 1 is 1.52 bits per heavy atom. The SMILES string of the molecule is COc1ccc(NC(=O)c2n[nH]c(C3CC3)c2N)cc1F. The van der Waals surface area contributed by atoms with E-state index in [-0.39, 0.29) is 11.4 Å². The Hall–Kier alpha value is -2.57. The van der Waals surface area contributed by atoms with Crippen molar-refractivity contribution in [2.45, 2.75) is 18.8 Å². The molecule has 1 saturated carbocycles. The second kappa shape index (κ2) is 5.08. The second-order valence-corrected chi connectivity index (χ2v) is 4.98. The molecule has 0 unspecified atom stereocenters. The molecule has 0 saturated heterocycles. The Labute approximate surface area is 120 Å². The molecule has 2 aromatic rings. The molecular formula is C14H15FN4O2. The zero-order chi connectivity index (χ0) is 15.0. The maximum Gasteiger partial charge on any atom is 0.278 e. The summed E-state index contributed by atoms with van der Waals surface area (Å²) in [4.78, 5) is 12.1. The summed E-state index contributed by atoms with van der Waals surface area (Å²) in [6.45, 7) is 0. The number of aromatic nitrogens is 2. The van der Waals surface area contributed by atoms with E-state index in [2.05, 4.69) is 15.5 Å². The lowest BCUT2D eigenvalue weighted by Crippen LogP contribution is -2.14. The van der Waals surface area contributed by atoms with E-state index in [1.165, 1.54) is 19.2 Å². The van der Waals surface area contributed by atoms with Gasteiger partial charge in [-0.2, -0.15) is 5.10 Å². The number of amides is 1. The van der Waals surface area contributed by atoms with Gasteiger partial charge in [0.2, 0.25) is 0 Å². The zero-order valence-electron chi connectivity index (χ0n) is 11.4. The van der Waals surface area contributed by atoms with Crippen LogP contribution in [0.4, 0.5) is 15.8 Å². The first-order chi connectivity index (χ1) is 10.1. The van der Waals surface area contributed by atoms with Gasteiger partial charge >= 0.3 is 0 Å². The van der Waals surface area contributed by atoms with Crippen molar-refractivity contribution >= 4 is 17.3 Å². The largest absolute Gasteiger partial charge is 0.494 e. The fourth-order valence-corrected chi connectivity index (χ4v) is 2.15. The van der Waals surface area contributed by atoms with Gasteiger partial charge in [0.1, 0.15) is 0 Å². The third-order valence-electron chi connectivity index (χ3n) is 3.44. The van der Waals surface area contributed by atoms with Crippen molar-refractivity contribution in [3.8, 4) is 5.75 Å². The number of carbonyl (C=O) groups excluding carboxylic acids is 1. The predicted octanol–water partition coefficient (Wildman–Crippen LogP) is 2.27. The molecule has 3 rings (SSSR count). The van der Waals surface area contributed by atoms with Crippen LogP contribution in [0, 0.1) is 5.82 Å². The molecule has 0 spiro atoms. The Kier molecular flexibility index (Phi) is 3.25. The van der Waals surface area contributed by atoms with Crippen molar-refractivity contribution in [3.05, 3.63) is 35.4 Å². The van der Waals surface area contributed by atoms with Crippen LogP contribution in [0.5, 0.6) is 5.75 Å². The molecule has 1 fully saturated rings. The van der Waals surface area contributed by atoms with E-state index in [4.69, 9.17) is 10.5 Å². The third kappa shape index (κ3) is 2.54. The highest BCUT2D eigenvalue weighted by Gasteiger charge is 2.30. The van der Waals surface area contributed by atoms with Gasteiger partial charge in [-0.05, 0) is 25.0 Å². The smallest absolute Gasteiger partial charge is 0.278 e. The fourth-order valence-electron chi connectivity index (χ4n) is 2.15. The fraction of sp³-hybridized carbons (Fsp3) is 0.286. The number of H-pyrrole nitrogens is 1. The van der Waals surface area contributed by atoms with E-state index >= 15 is 0 Å². The van der Waals surface area contributed by atoms with Crippen LogP contribution >= 0.6 is 0 Å². The van der Waals surface area contributed by atoms with Gasteiger partial charge < -0.3 is 15.8 Å². The second-order valence-electron chi connectivity index (χ2n) is 4.98. The lowest BCUT2D eigenvalue weighted by molar-refractivity contribution is 0.102. The average molecular weight is 290 g/mol. The van der Waals surface area contributed by atoms with Gasteiger partial charge in [-0.3, -0.25) is 9.89 Å². The van der Waals surface area contributed by atoms with Gasteiger partial charge in [-0.1, -0.05) is 0 Å². The molecule has 1 aromatic carbocycles. The van der Waals surface area contributed by atoms with Crippen molar-refractivity contribution in [1.82, 2.24) is 10.2 Å². The summed E-state index contributed by atoms with van der Waals surface area (Å²) in [7, 11) is 1.38. The summed E-state index contributed by atoms with van der Waals surface area (Å²) in [5, 5.41) is 9.32. The van der Waals surface area contributed by atoms with Crippen LogP contribution in [0.2, 0.25) is 0 Å². The van der Waals surface area contributed by atoms with Crippen molar-refractivity contribution in [2.24, 2.45) is 0 Å². The van der Waals surface area contributed by atoms with Crippen molar-refractivity contribution in [3.63, 3.8) is 0 Å². The molecule has 6 nitrogen and oxygen atoms in total. The number of halogens is 1. The van der Waals surface area contributed by atoms with Crippen molar-refractivity contribution in [1.29, 1.82) is 0 Å². The number of benzene rings is 1. The molecule has 1 aliphatic carbocycles. The van der Waals surface area contributed by atoms with Crippen LogP contribution in [-0.2, 0) is 0 Å². The summed E-state index contributed by atoms with van der Waals surface area (Å²) in [5.74, 6) is -0.537. The van der Waals surface area contributed by atoms with E-state index in [0.29, 0.717) is 17.3 Å². The van der Waals surface area contributed by atoms with Crippen LogP contribution in [0.1, 0.15) is 34.9 Å². The topological polar surface area (TPSA) is 93.0 Å². The number of methoxy groups -OCH3 is 1. The maximum absolute atomic E-state index is 13.6. The first kappa shape index (κ1) is 13.4. The summed E-state index contributed by atoms with van der Waals surface area (Å²) in [6.07, 6.45) is 2.11. The lowest BCUT2D eigenvalue weighted by atomic mass is 10.2. The van der Waals surface area contributed by atoms with E-state index in [9.17, 15) is 9.18 Å². The van der Waals surface area contributed by atoms with Gasteiger partial charge in [0.25, 0.3) is 5.91 Å². The molecule has 21 heavy (non-hydrogen) atoms. The van der Waals surface area contributed by atoms with E-state index in [1.807, 2.05) is 0 Å². The number of nitrogens with one attached hydrogen (secondary N) is 2. The molecule has 4 N–H and O–H groups in total. The van der Waals surface area contributed by atoms with E-state index < -0.39 is 11.7 Å². The molecule has 7 heteroatoms. The molecular weight excluding hydrogens is 275 g/mol. The standard InChI is InChI=1S/C14H15FN4O2/c1-21-10-5-4-8(6-9(10)15)17-14(20)13-11(16)12(18-19-13)7-2-3-7/h4-7H,2-3,16H2,1H3,(H,17,20)(H,18,19). The quantitative estimate of drug-likeness (QED) is 0.805. The number of nitrogens with two attached hydrogens (primary N) is 1. The van der Waals surface area contributed by atoms with Gasteiger partial charge in [-0.15, -0.1) is 0 Å². The van der Waals surface area contributed by atoms with Crippen molar-refractivity contribution < 1.29 is 13.9 Å². The van der Waals surface area contributed by atoms with Crippen LogP contribution in [-0.4, -0.2) is 23.2 Å². The minimum absolute atomic E-state index is 0.114. The molecule has 0 bridgehead atoms. The van der Waals surface area contributed by atoms with Gasteiger partial charge in [0.15, 0.2) is 17.3 Å². The number of nitrogen functional groups attached to an aromatic ring is 1. The summed E-state index contributed by atoms with van der Waals surface area (Å²) >= 11 is 0. The Morgan fingerprint density at radius 3 is 2.90 bits per heavy atom. The van der Waals surface area contributed by atoms with Crippen LogP contribution < -0.4 is 15.8 Å². The lowest BCUT2D eigenvalue weighted by Gasteiger charge is -2.06. The number of carbonyl (C=O) groups is 1. The monoisotopic (exact) mass is 290 g/mol. The molecule has 0 aliphatic heterocycles. The predicted molar refractivity (Wildman–Crippen MR) is 75.9 cm³/mol. The Balaban J connectivity index is 1.78. The highest BCUT2D eigenvalue weighted by atomic mass is 19.1. The Bertz CT molecular complexity index is 694.